The van der Waals surface area contributed by atoms with Gasteiger partial charge in [0.25, 0.3) is 0 Å². The maximum absolute atomic E-state index is 11.2. The highest BCUT2D eigenvalue weighted by atomic mass is 79.9. The Morgan fingerprint density at radius 2 is 2.12 bits per heavy atom. The molecule has 1 heterocycles. The van der Waals surface area contributed by atoms with Crippen LogP contribution in [0.1, 0.15) is 24.0 Å². The molecule has 1 N–H and O–H groups in total. The van der Waals surface area contributed by atoms with Gasteiger partial charge >= 0.3 is 0 Å². The fourth-order valence-electron chi connectivity index (χ4n) is 2.08. The largest absolute Gasteiger partial charge is 0.310 e. The minimum absolute atomic E-state index is 0.539. The lowest BCUT2D eigenvalue weighted by Crippen LogP contribution is -2.35. The van der Waals surface area contributed by atoms with Crippen LogP contribution in [0.5, 0.6) is 0 Å². The van der Waals surface area contributed by atoms with E-state index >= 15 is 0 Å². The van der Waals surface area contributed by atoms with Crippen LogP contribution in [0.3, 0.4) is 0 Å². The minimum Gasteiger partial charge on any atom is -0.310 e. The Bertz CT molecular complexity index is 412. The van der Waals surface area contributed by atoms with Crippen LogP contribution in [0.25, 0.3) is 0 Å². The van der Waals surface area contributed by atoms with Gasteiger partial charge < -0.3 is 5.32 Å². The molecular formula is C13H18BrNOS. The highest BCUT2D eigenvalue weighted by Gasteiger charge is 2.16. The van der Waals surface area contributed by atoms with E-state index in [1.165, 1.54) is 11.1 Å². The van der Waals surface area contributed by atoms with E-state index in [1.54, 1.807) is 0 Å². The number of benzene rings is 1. The quantitative estimate of drug-likeness (QED) is 0.929. The number of halogens is 1. The predicted octanol–water partition coefficient (Wildman–Crippen LogP) is 2.76. The highest BCUT2D eigenvalue weighted by molar-refractivity contribution is 9.10. The van der Waals surface area contributed by atoms with Crippen molar-refractivity contribution in [1.82, 2.24) is 5.32 Å². The average Bonchev–Trinajstić information content (AvgIpc) is 2.33. The van der Waals surface area contributed by atoms with E-state index in [0.717, 1.165) is 35.4 Å². The standard InChI is InChI=1S/C13H18BrNOS/c1-10-8-11(2-3-13(10)14)9-15-12-4-6-17(16)7-5-12/h2-3,8,12,15H,4-7,9H2,1H3. The first-order valence-electron chi connectivity index (χ1n) is 5.98. The lowest BCUT2D eigenvalue weighted by Gasteiger charge is -2.22. The first-order valence-corrected chi connectivity index (χ1v) is 8.26. The van der Waals surface area contributed by atoms with E-state index < -0.39 is 10.8 Å². The molecule has 2 nitrogen and oxygen atoms in total. The summed E-state index contributed by atoms with van der Waals surface area (Å²) in [6.45, 7) is 3.02. The molecule has 0 amide bonds. The fourth-order valence-corrected chi connectivity index (χ4v) is 3.62. The van der Waals surface area contributed by atoms with Gasteiger partial charge in [0.15, 0.2) is 0 Å². The summed E-state index contributed by atoms with van der Waals surface area (Å²) in [5.74, 6) is 1.72. The second-order valence-corrected chi connectivity index (χ2v) is 7.14. The van der Waals surface area contributed by atoms with Gasteiger partial charge in [0.1, 0.15) is 0 Å². The van der Waals surface area contributed by atoms with E-state index in [4.69, 9.17) is 0 Å². The molecule has 0 saturated carbocycles. The van der Waals surface area contributed by atoms with Crippen LogP contribution in [0.15, 0.2) is 22.7 Å². The van der Waals surface area contributed by atoms with Gasteiger partial charge in [-0.1, -0.05) is 28.1 Å². The molecule has 0 aromatic heterocycles. The zero-order chi connectivity index (χ0) is 12.3. The normalized spacial score (nSPS) is 24.8. The van der Waals surface area contributed by atoms with Crippen LogP contribution in [0.2, 0.25) is 0 Å². The van der Waals surface area contributed by atoms with Crippen molar-refractivity contribution in [1.29, 1.82) is 0 Å². The SMILES string of the molecule is Cc1cc(CNC2CCS(=O)CC2)ccc1Br. The van der Waals surface area contributed by atoms with Crippen molar-refractivity contribution in [3.8, 4) is 0 Å². The average molecular weight is 316 g/mol. The summed E-state index contributed by atoms with van der Waals surface area (Å²) < 4.78 is 12.4. The number of hydrogen-bond acceptors (Lipinski definition) is 2. The zero-order valence-corrected chi connectivity index (χ0v) is 12.4. The molecule has 1 saturated heterocycles. The lowest BCUT2D eigenvalue weighted by molar-refractivity contribution is 0.475. The molecule has 1 aromatic carbocycles. The molecule has 17 heavy (non-hydrogen) atoms. The monoisotopic (exact) mass is 315 g/mol. The van der Waals surface area contributed by atoms with E-state index in [1.807, 2.05) is 0 Å². The molecule has 0 aliphatic carbocycles. The first kappa shape index (κ1) is 13.2. The van der Waals surface area contributed by atoms with Gasteiger partial charge in [-0.3, -0.25) is 4.21 Å². The zero-order valence-electron chi connectivity index (χ0n) is 10.0. The Morgan fingerprint density at radius 1 is 1.41 bits per heavy atom. The second-order valence-electron chi connectivity index (χ2n) is 4.59. The molecule has 0 spiro atoms. The topological polar surface area (TPSA) is 29.1 Å². The molecule has 2 rings (SSSR count). The molecule has 1 aliphatic heterocycles. The third-order valence-corrected chi connectivity index (χ3v) is 5.48. The molecule has 0 bridgehead atoms. The molecule has 1 aliphatic rings. The predicted molar refractivity (Wildman–Crippen MR) is 76.6 cm³/mol. The summed E-state index contributed by atoms with van der Waals surface area (Å²) >= 11 is 3.51. The Morgan fingerprint density at radius 3 is 2.76 bits per heavy atom. The Kier molecular flexibility index (Phi) is 4.77. The maximum Gasteiger partial charge on any atom is 0.0249 e. The highest BCUT2D eigenvalue weighted by Crippen LogP contribution is 2.17. The molecule has 94 valence electrons. The van der Waals surface area contributed by atoms with E-state index in [0.29, 0.717) is 6.04 Å². The van der Waals surface area contributed by atoms with E-state index in [2.05, 4.69) is 46.4 Å². The number of nitrogens with one attached hydrogen (secondary N) is 1. The van der Waals surface area contributed by atoms with E-state index in [9.17, 15) is 4.21 Å². The molecule has 1 fully saturated rings. The smallest absolute Gasteiger partial charge is 0.0249 e. The second kappa shape index (κ2) is 6.12. The fraction of sp³-hybridized carbons (Fsp3) is 0.538. The summed E-state index contributed by atoms with van der Waals surface area (Å²) in [4.78, 5) is 0. The Labute approximate surface area is 114 Å². The van der Waals surface area contributed by atoms with Gasteiger partial charge in [-0.25, -0.2) is 0 Å². The van der Waals surface area contributed by atoms with Gasteiger partial charge in [-0.15, -0.1) is 0 Å². The summed E-state index contributed by atoms with van der Waals surface area (Å²) in [6, 6.07) is 6.99. The van der Waals surface area contributed by atoms with E-state index in [-0.39, 0.29) is 0 Å². The van der Waals surface area contributed by atoms with Crippen LogP contribution < -0.4 is 5.32 Å². The number of hydrogen-bond donors (Lipinski definition) is 1. The minimum atomic E-state index is -0.562. The maximum atomic E-state index is 11.2. The molecule has 0 unspecified atom stereocenters. The Balaban J connectivity index is 1.85. The first-order chi connectivity index (χ1) is 8.15. The molecular weight excluding hydrogens is 298 g/mol. The van der Waals surface area contributed by atoms with Gasteiger partial charge in [-0.05, 0) is 37.0 Å². The van der Waals surface area contributed by atoms with Crippen LogP contribution in [-0.2, 0) is 17.3 Å². The lowest BCUT2D eigenvalue weighted by atomic mass is 10.1. The van der Waals surface area contributed by atoms with Gasteiger partial charge in [0.05, 0.1) is 0 Å². The van der Waals surface area contributed by atoms with Gasteiger partial charge in [0.2, 0.25) is 0 Å². The van der Waals surface area contributed by atoms with Crippen molar-refractivity contribution in [2.75, 3.05) is 11.5 Å². The van der Waals surface area contributed by atoms with Crippen LogP contribution in [-0.4, -0.2) is 21.8 Å². The van der Waals surface area contributed by atoms with Crippen molar-refractivity contribution < 1.29 is 4.21 Å². The van der Waals surface area contributed by atoms with Crippen LogP contribution in [0.4, 0.5) is 0 Å². The Hall–Kier alpha value is -0.190. The summed E-state index contributed by atoms with van der Waals surface area (Å²) in [7, 11) is -0.562. The molecule has 4 heteroatoms. The number of rotatable bonds is 3. The molecule has 0 atom stereocenters. The van der Waals surface area contributed by atoms with Crippen molar-refractivity contribution in [2.24, 2.45) is 0 Å². The van der Waals surface area contributed by atoms with Gasteiger partial charge in [-0.2, -0.15) is 0 Å². The van der Waals surface area contributed by atoms with Crippen molar-refractivity contribution in [3.05, 3.63) is 33.8 Å². The molecule has 1 aromatic rings. The third-order valence-electron chi connectivity index (χ3n) is 3.21. The van der Waals surface area contributed by atoms with Crippen molar-refractivity contribution >= 4 is 26.7 Å². The number of aryl methyl sites for hydroxylation is 1. The van der Waals surface area contributed by atoms with Crippen LogP contribution in [0, 0.1) is 6.92 Å². The third kappa shape index (κ3) is 3.90. The summed E-state index contributed by atoms with van der Waals surface area (Å²) in [5.41, 5.74) is 2.59. The summed E-state index contributed by atoms with van der Waals surface area (Å²) in [5, 5.41) is 3.56. The van der Waals surface area contributed by atoms with Crippen LogP contribution >= 0.6 is 15.9 Å². The van der Waals surface area contributed by atoms with Crippen molar-refractivity contribution in [3.63, 3.8) is 0 Å². The van der Waals surface area contributed by atoms with Gasteiger partial charge in [0, 0.05) is 39.4 Å². The summed E-state index contributed by atoms with van der Waals surface area (Å²) in [6.07, 6.45) is 2.09. The molecule has 0 radical (unpaired) electrons. The van der Waals surface area contributed by atoms with Crippen molar-refractivity contribution in [2.45, 2.75) is 32.4 Å².